The van der Waals surface area contributed by atoms with Gasteiger partial charge < -0.3 is 10.6 Å². The lowest BCUT2D eigenvalue weighted by Crippen LogP contribution is -2.25. The predicted octanol–water partition coefficient (Wildman–Crippen LogP) is 0.485. The number of anilines is 1. The molecule has 1 aromatic carbocycles. The number of amides is 1. The van der Waals surface area contributed by atoms with Crippen molar-refractivity contribution < 1.29 is 13.2 Å². The molecule has 0 bridgehead atoms. The fraction of sp³-hybridized carbons (Fsp3) is 0.462. The zero-order valence-electron chi connectivity index (χ0n) is 11.6. The van der Waals surface area contributed by atoms with Gasteiger partial charge in [0.15, 0.2) is 0 Å². The van der Waals surface area contributed by atoms with E-state index >= 15 is 0 Å². The minimum Gasteiger partial charge on any atom is -0.326 e. The van der Waals surface area contributed by atoms with Crippen LogP contribution in [0.1, 0.15) is 6.42 Å². The number of nitrogens with zero attached hydrogens (tertiary/aromatic N) is 1. The van der Waals surface area contributed by atoms with Crippen LogP contribution in [0.5, 0.6) is 0 Å². The largest absolute Gasteiger partial charge is 0.326 e. The predicted molar refractivity (Wildman–Crippen MR) is 76.9 cm³/mol. The Labute approximate surface area is 119 Å². The molecule has 0 saturated carbocycles. The van der Waals surface area contributed by atoms with Crippen molar-refractivity contribution >= 4 is 21.6 Å². The van der Waals surface area contributed by atoms with Crippen LogP contribution in [0.3, 0.4) is 0 Å². The van der Waals surface area contributed by atoms with Crippen LogP contribution in [0.2, 0.25) is 0 Å². The van der Waals surface area contributed by atoms with E-state index in [-0.39, 0.29) is 16.7 Å². The normalized spacial score (nSPS) is 19.2. The van der Waals surface area contributed by atoms with E-state index in [0.717, 1.165) is 17.3 Å². The van der Waals surface area contributed by atoms with E-state index in [1.807, 2.05) is 0 Å². The first-order chi connectivity index (χ1) is 9.41. The summed E-state index contributed by atoms with van der Waals surface area (Å²) in [6.45, 7) is 1.55. The van der Waals surface area contributed by atoms with Crippen LogP contribution in [0.4, 0.5) is 5.69 Å². The maximum absolute atomic E-state index is 11.9. The first-order valence-electron chi connectivity index (χ1n) is 6.45. The van der Waals surface area contributed by atoms with Crippen molar-refractivity contribution in [3.8, 4) is 0 Å². The van der Waals surface area contributed by atoms with Gasteiger partial charge in [-0.05, 0) is 37.2 Å². The van der Waals surface area contributed by atoms with Gasteiger partial charge in [0.05, 0.1) is 10.8 Å². The highest BCUT2D eigenvalue weighted by atomic mass is 32.2. The van der Waals surface area contributed by atoms with Gasteiger partial charge >= 0.3 is 0 Å². The summed E-state index contributed by atoms with van der Waals surface area (Å²) in [4.78, 5) is 12.1. The van der Waals surface area contributed by atoms with Gasteiger partial charge in [0.2, 0.25) is 15.9 Å². The number of nitrogens with one attached hydrogen (secondary N) is 2. The summed E-state index contributed by atoms with van der Waals surface area (Å²) in [7, 11) is -0.459. The van der Waals surface area contributed by atoms with Crippen LogP contribution < -0.4 is 10.6 Å². The molecule has 1 aromatic rings. The summed E-state index contributed by atoms with van der Waals surface area (Å²) in [5, 5.41) is 5.94. The molecular weight excluding hydrogens is 278 g/mol. The van der Waals surface area contributed by atoms with E-state index < -0.39 is 10.0 Å². The number of sulfonamides is 1. The Morgan fingerprint density at radius 2 is 1.95 bits per heavy atom. The maximum Gasteiger partial charge on any atom is 0.242 e. The second kappa shape index (κ2) is 5.90. The van der Waals surface area contributed by atoms with Gasteiger partial charge in [-0.25, -0.2) is 12.7 Å². The Bertz CT molecular complexity index is 575. The molecule has 1 saturated heterocycles. The summed E-state index contributed by atoms with van der Waals surface area (Å²) < 4.78 is 25.0. The molecule has 1 amide bonds. The zero-order valence-corrected chi connectivity index (χ0v) is 12.4. The number of rotatable bonds is 4. The topological polar surface area (TPSA) is 78.5 Å². The number of carbonyl (C=O) groups is 1. The zero-order chi connectivity index (χ0) is 14.8. The van der Waals surface area contributed by atoms with Crippen LogP contribution in [-0.2, 0) is 14.8 Å². The quantitative estimate of drug-likeness (QED) is 0.847. The average molecular weight is 297 g/mol. The Hall–Kier alpha value is -1.44. The van der Waals surface area contributed by atoms with Gasteiger partial charge in [0.25, 0.3) is 0 Å². The minimum atomic E-state index is -3.43. The van der Waals surface area contributed by atoms with Crippen molar-refractivity contribution in [2.45, 2.75) is 11.3 Å². The highest BCUT2D eigenvalue weighted by Crippen LogP contribution is 2.18. The van der Waals surface area contributed by atoms with Crippen LogP contribution in [0.25, 0.3) is 0 Å². The van der Waals surface area contributed by atoms with E-state index in [9.17, 15) is 13.2 Å². The standard InChI is InChI=1S/C13H19N3O3S/c1-16(2)20(18,19)12-5-3-11(4-6-12)15-13(17)10-7-8-14-9-10/h3-6,10,14H,7-9H2,1-2H3,(H,15,17). The lowest BCUT2D eigenvalue weighted by atomic mass is 10.1. The molecule has 1 fully saturated rings. The molecule has 110 valence electrons. The molecule has 1 heterocycles. The molecule has 1 aliphatic rings. The second-order valence-electron chi connectivity index (χ2n) is 4.99. The van der Waals surface area contributed by atoms with E-state index in [1.54, 1.807) is 12.1 Å². The van der Waals surface area contributed by atoms with Gasteiger partial charge in [0.1, 0.15) is 0 Å². The minimum absolute atomic E-state index is 0.0137. The molecule has 0 aliphatic carbocycles. The number of benzene rings is 1. The third kappa shape index (κ3) is 3.17. The number of hydrogen-bond acceptors (Lipinski definition) is 4. The highest BCUT2D eigenvalue weighted by molar-refractivity contribution is 7.89. The highest BCUT2D eigenvalue weighted by Gasteiger charge is 2.22. The van der Waals surface area contributed by atoms with E-state index in [0.29, 0.717) is 12.2 Å². The van der Waals surface area contributed by atoms with E-state index in [4.69, 9.17) is 0 Å². The lowest BCUT2D eigenvalue weighted by molar-refractivity contribution is -0.119. The Morgan fingerprint density at radius 3 is 2.45 bits per heavy atom. The Balaban J connectivity index is 2.07. The third-order valence-electron chi connectivity index (χ3n) is 3.33. The van der Waals surface area contributed by atoms with Gasteiger partial charge in [-0.2, -0.15) is 0 Å². The van der Waals surface area contributed by atoms with E-state index in [1.165, 1.54) is 26.2 Å². The summed E-state index contributed by atoms with van der Waals surface area (Å²) in [6, 6.07) is 6.21. The van der Waals surface area contributed by atoms with Crippen molar-refractivity contribution in [2.75, 3.05) is 32.5 Å². The maximum atomic E-state index is 11.9. The summed E-state index contributed by atoms with van der Waals surface area (Å²) in [6.07, 6.45) is 0.832. The molecule has 20 heavy (non-hydrogen) atoms. The molecule has 7 heteroatoms. The SMILES string of the molecule is CN(C)S(=O)(=O)c1ccc(NC(=O)C2CCNC2)cc1. The Kier molecular flexibility index (Phi) is 4.42. The van der Waals surface area contributed by atoms with Crippen molar-refractivity contribution in [2.24, 2.45) is 5.92 Å². The third-order valence-corrected chi connectivity index (χ3v) is 5.16. The molecular formula is C13H19N3O3S. The fourth-order valence-electron chi connectivity index (χ4n) is 2.04. The molecule has 2 N–H and O–H groups in total. The van der Waals surface area contributed by atoms with Gasteiger partial charge in [-0.1, -0.05) is 0 Å². The lowest BCUT2D eigenvalue weighted by Gasteiger charge is -2.13. The van der Waals surface area contributed by atoms with Gasteiger partial charge in [-0.15, -0.1) is 0 Å². The van der Waals surface area contributed by atoms with Gasteiger partial charge in [-0.3, -0.25) is 4.79 Å². The van der Waals surface area contributed by atoms with Crippen molar-refractivity contribution in [3.05, 3.63) is 24.3 Å². The monoisotopic (exact) mass is 297 g/mol. The average Bonchev–Trinajstić information content (AvgIpc) is 2.93. The molecule has 0 aromatic heterocycles. The van der Waals surface area contributed by atoms with Gasteiger partial charge in [0, 0.05) is 26.3 Å². The van der Waals surface area contributed by atoms with Crippen LogP contribution >= 0.6 is 0 Å². The Morgan fingerprint density at radius 1 is 1.30 bits per heavy atom. The first-order valence-corrected chi connectivity index (χ1v) is 7.89. The molecule has 6 nitrogen and oxygen atoms in total. The molecule has 0 radical (unpaired) electrons. The fourth-order valence-corrected chi connectivity index (χ4v) is 2.95. The smallest absolute Gasteiger partial charge is 0.242 e. The number of hydrogen-bond donors (Lipinski definition) is 2. The van der Waals surface area contributed by atoms with Crippen molar-refractivity contribution in [1.29, 1.82) is 0 Å². The second-order valence-corrected chi connectivity index (χ2v) is 7.14. The van der Waals surface area contributed by atoms with E-state index in [2.05, 4.69) is 10.6 Å². The number of carbonyl (C=O) groups excluding carboxylic acids is 1. The van der Waals surface area contributed by atoms with Crippen molar-refractivity contribution in [3.63, 3.8) is 0 Å². The summed E-state index contributed by atoms with van der Waals surface area (Å²) in [5.41, 5.74) is 0.611. The van der Waals surface area contributed by atoms with Crippen molar-refractivity contribution in [1.82, 2.24) is 9.62 Å². The first kappa shape index (κ1) is 15.0. The molecule has 1 atom stereocenters. The van der Waals surface area contributed by atoms with Crippen LogP contribution in [0, 0.1) is 5.92 Å². The molecule has 2 rings (SSSR count). The van der Waals surface area contributed by atoms with Crippen LogP contribution in [-0.4, -0.2) is 45.8 Å². The summed E-state index contributed by atoms with van der Waals surface area (Å²) in [5.74, 6) is -0.0431. The summed E-state index contributed by atoms with van der Waals surface area (Å²) >= 11 is 0. The molecule has 1 unspecified atom stereocenters. The molecule has 1 aliphatic heterocycles. The van der Waals surface area contributed by atoms with Crippen LogP contribution in [0.15, 0.2) is 29.2 Å². The molecule has 0 spiro atoms.